The largest absolute Gasteiger partial charge is 0.370 e. The third-order valence-electron chi connectivity index (χ3n) is 2.65. The van der Waals surface area contributed by atoms with Crippen molar-refractivity contribution in [1.82, 2.24) is 9.97 Å². The average molecular weight is 227 g/mol. The van der Waals surface area contributed by atoms with Crippen molar-refractivity contribution in [1.29, 1.82) is 0 Å². The average Bonchev–Trinajstić information content (AvgIpc) is 2.33. The molecule has 2 aromatic rings. The normalized spacial score (nSPS) is 10.3. The molecule has 0 saturated heterocycles. The minimum Gasteiger partial charge on any atom is -0.370 e. The molecule has 0 unspecified atom stereocenters. The molecule has 0 saturated carbocycles. The second kappa shape index (κ2) is 4.95. The van der Waals surface area contributed by atoms with Crippen LogP contribution in [0.3, 0.4) is 0 Å². The van der Waals surface area contributed by atoms with Crippen molar-refractivity contribution >= 4 is 5.82 Å². The molecule has 0 radical (unpaired) electrons. The summed E-state index contributed by atoms with van der Waals surface area (Å²) >= 11 is 0. The van der Waals surface area contributed by atoms with Gasteiger partial charge in [0.15, 0.2) is 5.82 Å². The van der Waals surface area contributed by atoms with Crippen LogP contribution in [0.5, 0.6) is 0 Å². The van der Waals surface area contributed by atoms with Crippen molar-refractivity contribution in [2.75, 3.05) is 11.9 Å². The Morgan fingerprint density at radius 2 is 2.00 bits per heavy atom. The molecule has 3 nitrogen and oxygen atoms in total. The van der Waals surface area contributed by atoms with E-state index in [1.807, 2.05) is 6.07 Å². The first-order chi connectivity index (χ1) is 8.20. The summed E-state index contributed by atoms with van der Waals surface area (Å²) in [5, 5.41) is 3.20. The van der Waals surface area contributed by atoms with Gasteiger partial charge in [0, 0.05) is 18.3 Å². The number of anilines is 1. The zero-order valence-electron chi connectivity index (χ0n) is 10.5. The van der Waals surface area contributed by atoms with Gasteiger partial charge < -0.3 is 5.32 Å². The van der Waals surface area contributed by atoms with E-state index in [2.05, 4.69) is 54.3 Å². The highest BCUT2D eigenvalue weighted by molar-refractivity contribution is 5.62. The summed E-state index contributed by atoms with van der Waals surface area (Å²) < 4.78 is 0. The topological polar surface area (TPSA) is 37.8 Å². The number of hydrogen-bond donors (Lipinski definition) is 1. The first-order valence-electron chi connectivity index (χ1n) is 5.85. The number of nitrogens with one attached hydrogen (secondary N) is 1. The van der Waals surface area contributed by atoms with Crippen molar-refractivity contribution in [2.45, 2.75) is 20.8 Å². The van der Waals surface area contributed by atoms with Crippen LogP contribution >= 0.6 is 0 Å². The minimum atomic E-state index is 0.782. The predicted molar refractivity (Wildman–Crippen MR) is 71.1 cm³/mol. The van der Waals surface area contributed by atoms with Gasteiger partial charge in [-0.3, -0.25) is 0 Å². The molecule has 0 aliphatic rings. The first kappa shape index (κ1) is 11.6. The van der Waals surface area contributed by atoms with Crippen molar-refractivity contribution in [2.24, 2.45) is 0 Å². The maximum Gasteiger partial charge on any atom is 0.161 e. The number of hydrogen-bond acceptors (Lipinski definition) is 3. The SMILES string of the molecule is CCNc1ccnc(-c2cc(C)ccc2C)n1. The third-order valence-corrected chi connectivity index (χ3v) is 2.65. The summed E-state index contributed by atoms with van der Waals surface area (Å²) in [6, 6.07) is 8.22. The Balaban J connectivity index is 2.45. The lowest BCUT2D eigenvalue weighted by atomic mass is 10.1. The number of rotatable bonds is 3. The first-order valence-corrected chi connectivity index (χ1v) is 5.85. The molecule has 0 aliphatic carbocycles. The van der Waals surface area contributed by atoms with Crippen LogP contribution in [0.25, 0.3) is 11.4 Å². The molecule has 3 heteroatoms. The molecule has 17 heavy (non-hydrogen) atoms. The van der Waals surface area contributed by atoms with Gasteiger partial charge in [-0.05, 0) is 38.5 Å². The number of aryl methyl sites for hydroxylation is 2. The van der Waals surface area contributed by atoms with Gasteiger partial charge in [-0.1, -0.05) is 17.7 Å². The Bertz CT molecular complexity index is 521. The van der Waals surface area contributed by atoms with Crippen molar-refractivity contribution in [3.8, 4) is 11.4 Å². The third kappa shape index (κ3) is 2.61. The molecule has 0 spiro atoms. The van der Waals surface area contributed by atoms with Crippen LogP contribution in [-0.2, 0) is 0 Å². The van der Waals surface area contributed by atoms with Crippen LogP contribution in [0.1, 0.15) is 18.1 Å². The number of benzene rings is 1. The summed E-state index contributed by atoms with van der Waals surface area (Å²) in [5.74, 6) is 1.66. The Morgan fingerprint density at radius 1 is 1.18 bits per heavy atom. The van der Waals surface area contributed by atoms with Gasteiger partial charge in [0.25, 0.3) is 0 Å². The van der Waals surface area contributed by atoms with Gasteiger partial charge in [-0.15, -0.1) is 0 Å². The van der Waals surface area contributed by atoms with Crippen LogP contribution in [0.4, 0.5) is 5.82 Å². The maximum absolute atomic E-state index is 4.51. The zero-order chi connectivity index (χ0) is 12.3. The van der Waals surface area contributed by atoms with Gasteiger partial charge in [-0.25, -0.2) is 9.97 Å². The quantitative estimate of drug-likeness (QED) is 0.875. The van der Waals surface area contributed by atoms with Gasteiger partial charge in [-0.2, -0.15) is 0 Å². The van der Waals surface area contributed by atoms with Crippen LogP contribution in [-0.4, -0.2) is 16.5 Å². The Labute approximate surface area is 102 Å². The molecular weight excluding hydrogens is 210 g/mol. The van der Waals surface area contributed by atoms with Crippen LogP contribution in [0.15, 0.2) is 30.5 Å². The lowest BCUT2D eigenvalue weighted by molar-refractivity contribution is 1.11. The fourth-order valence-corrected chi connectivity index (χ4v) is 1.74. The number of aromatic nitrogens is 2. The molecule has 2 rings (SSSR count). The molecule has 0 aliphatic heterocycles. The molecule has 1 N–H and O–H groups in total. The summed E-state index contributed by atoms with van der Waals surface area (Å²) in [7, 11) is 0. The van der Waals surface area contributed by atoms with E-state index in [1.54, 1.807) is 6.20 Å². The summed E-state index contributed by atoms with van der Waals surface area (Å²) in [6.07, 6.45) is 1.79. The molecule has 0 bridgehead atoms. The second-order valence-electron chi connectivity index (χ2n) is 4.11. The van der Waals surface area contributed by atoms with Gasteiger partial charge in [0.1, 0.15) is 5.82 Å². The Kier molecular flexibility index (Phi) is 3.38. The van der Waals surface area contributed by atoms with E-state index in [1.165, 1.54) is 11.1 Å². The Hall–Kier alpha value is -1.90. The summed E-state index contributed by atoms with van der Waals surface area (Å²) in [4.78, 5) is 8.86. The second-order valence-corrected chi connectivity index (χ2v) is 4.11. The van der Waals surface area contributed by atoms with Gasteiger partial charge in [0.2, 0.25) is 0 Å². The molecule has 0 fully saturated rings. The Morgan fingerprint density at radius 3 is 2.76 bits per heavy atom. The van der Waals surface area contributed by atoms with Crippen LogP contribution in [0.2, 0.25) is 0 Å². The van der Waals surface area contributed by atoms with E-state index in [9.17, 15) is 0 Å². The van der Waals surface area contributed by atoms with E-state index < -0.39 is 0 Å². The van der Waals surface area contributed by atoms with Crippen molar-refractivity contribution in [3.63, 3.8) is 0 Å². The van der Waals surface area contributed by atoms with E-state index in [-0.39, 0.29) is 0 Å². The predicted octanol–water partition coefficient (Wildman–Crippen LogP) is 3.19. The highest BCUT2D eigenvalue weighted by atomic mass is 15.0. The fraction of sp³-hybridized carbons (Fsp3) is 0.286. The smallest absolute Gasteiger partial charge is 0.161 e. The zero-order valence-corrected chi connectivity index (χ0v) is 10.5. The molecular formula is C14H17N3. The number of nitrogens with zero attached hydrogens (tertiary/aromatic N) is 2. The molecule has 1 aromatic heterocycles. The van der Waals surface area contributed by atoms with Crippen LogP contribution < -0.4 is 5.32 Å². The highest BCUT2D eigenvalue weighted by Gasteiger charge is 2.05. The maximum atomic E-state index is 4.51. The van der Waals surface area contributed by atoms with Crippen molar-refractivity contribution in [3.05, 3.63) is 41.6 Å². The van der Waals surface area contributed by atoms with E-state index in [0.29, 0.717) is 0 Å². The van der Waals surface area contributed by atoms with Crippen molar-refractivity contribution < 1.29 is 0 Å². The van der Waals surface area contributed by atoms with E-state index in [0.717, 1.165) is 23.8 Å². The van der Waals surface area contributed by atoms with E-state index in [4.69, 9.17) is 0 Å². The molecule has 0 atom stereocenters. The highest BCUT2D eigenvalue weighted by Crippen LogP contribution is 2.21. The monoisotopic (exact) mass is 227 g/mol. The van der Waals surface area contributed by atoms with E-state index >= 15 is 0 Å². The van der Waals surface area contributed by atoms with Gasteiger partial charge in [0.05, 0.1) is 0 Å². The standard InChI is InChI=1S/C14H17N3/c1-4-15-13-7-8-16-14(17-13)12-9-10(2)5-6-11(12)3/h5-9H,4H2,1-3H3,(H,15,16,17). The lowest BCUT2D eigenvalue weighted by Crippen LogP contribution is -2.01. The molecule has 1 heterocycles. The fourth-order valence-electron chi connectivity index (χ4n) is 1.74. The molecule has 0 amide bonds. The summed E-state index contributed by atoms with van der Waals surface area (Å²) in [6.45, 7) is 7.08. The molecule has 1 aromatic carbocycles. The van der Waals surface area contributed by atoms with Gasteiger partial charge >= 0.3 is 0 Å². The van der Waals surface area contributed by atoms with Crippen LogP contribution in [0, 0.1) is 13.8 Å². The molecule has 88 valence electrons. The summed E-state index contributed by atoms with van der Waals surface area (Å²) in [5.41, 5.74) is 3.53. The minimum absolute atomic E-state index is 0.782. The lowest BCUT2D eigenvalue weighted by Gasteiger charge is -2.07.